The first kappa shape index (κ1) is 9.69. The Kier molecular flexibility index (Phi) is 3.17. The maximum absolute atomic E-state index is 5.80. The average Bonchev–Trinajstić information content (AvgIpc) is 2.63. The fourth-order valence-electron chi connectivity index (χ4n) is 1.81. The smallest absolute Gasteiger partial charge is 0.0721 e. The third-order valence-corrected chi connectivity index (χ3v) is 2.64. The van der Waals surface area contributed by atoms with Crippen LogP contribution >= 0.6 is 0 Å². The van der Waals surface area contributed by atoms with Gasteiger partial charge in [0.25, 0.3) is 0 Å². The molecule has 1 fully saturated rings. The molecule has 1 unspecified atom stereocenters. The molecule has 1 aliphatic heterocycles. The number of hydrogen-bond acceptors (Lipinski definition) is 2. The molecule has 2 nitrogen and oxygen atoms in total. The maximum Gasteiger partial charge on any atom is 0.0721 e. The quantitative estimate of drug-likeness (QED) is 0.788. The van der Waals surface area contributed by atoms with Gasteiger partial charge in [-0.1, -0.05) is 30.3 Å². The van der Waals surface area contributed by atoms with Gasteiger partial charge in [0.15, 0.2) is 0 Å². The molecule has 76 valence electrons. The summed E-state index contributed by atoms with van der Waals surface area (Å²) in [6.07, 6.45) is 1.53. The SMILES string of the molecule is C[C@@H]1CC(OCc2ccccc2)CN1. The Morgan fingerprint density at radius 2 is 2.14 bits per heavy atom. The van der Waals surface area contributed by atoms with Crippen LogP contribution in [-0.2, 0) is 11.3 Å². The highest BCUT2D eigenvalue weighted by Gasteiger charge is 2.20. The van der Waals surface area contributed by atoms with E-state index >= 15 is 0 Å². The first-order chi connectivity index (χ1) is 6.84. The van der Waals surface area contributed by atoms with E-state index in [4.69, 9.17) is 4.74 Å². The van der Waals surface area contributed by atoms with E-state index in [1.54, 1.807) is 0 Å². The predicted molar refractivity (Wildman–Crippen MR) is 57.1 cm³/mol. The minimum atomic E-state index is 0.394. The van der Waals surface area contributed by atoms with E-state index in [0.717, 1.165) is 19.6 Å². The van der Waals surface area contributed by atoms with Gasteiger partial charge in [0.1, 0.15) is 0 Å². The minimum Gasteiger partial charge on any atom is -0.372 e. The molecule has 0 aliphatic carbocycles. The lowest BCUT2D eigenvalue weighted by Crippen LogP contribution is -2.18. The highest BCUT2D eigenvalue weighted by atomic mass is 16.5. The lowest BCUT2D eigenvalue weighted by Gasteiger charge is -2.10. The summed E-state index contributed by atoms with van der Waals surface area (Å²) in [5.74, 6) is 0. The third-order valence-electron chi connectivity index (χ3n) is 2.64. The van der Waals surface area contributed by atoms with Crippen LogP contribution in [0.3, 0.4) is 0 Å². The lowest BCUT2D eigenvalue weighted by molar-refractivity contribution is 0.0529. The second kappa shape index (κ2) is 4.58. The Morgan fingerprint density at radius 1 is 1.36 bits per heavy atom. The van der Waals surface area contributed by atoms with Crippen molar-refractivity contribution >= 4 is 0 Å². The van der Waals surface area contributed by atoms with Crippen LogP contribution in [0.25, 0.3) is 0 Å². The van der Waals surface area contributed by atoms with E-state index in [9.17, 15) is 0 Å². The van der Waals surface area contributed by atoms with E-state index in [-0.39, 0.29) is 0 Å². The Hall–Kier alpha value is -0.860. The summed E-state index contributed by atoms with van der Waals surface area (Å²) in [5, 5.41) is 3.38. The highest BCUT2D eigenvalue weighted by molar-refractivity contribution is 5.13. The first-order valence-electron chi connectivity index (χ1n) is 5.23. The van der Waals surface area contributed by atoms with Gasteiger partial charge >= 0.3 is 0 Å². The fraction of sp³-hybridized carbons (Fsp3) is 0.500. The summed E-state index contributed by atoms with van der Waals surface area (Å²) >= 11 is 0. The molecule has 1 saturated heterocycles. The molecule has 1 aliphatic rings. The number of ether oxygens (including phenoxy) is 1. The summed E-state index contributed by atoms with van der Waals surface area (Å²) in [6, 6.07) is 10.9. The van der Waals surface area contributed by atoms with Gasteiger partial charge in [-0.25, -0.2) is 0 Å². The predicted octanol–water partition coefficient (Wildman–Crippen LogP) is 1.95. The molecule has 2 heteroatoms. The Bertz CT molecular complexity index is 273. The Morgan fingerprint density at radius 3 is 2.79 bits per heavy atom. The molecule has 14 heavy (non-hydrogen) atoms. The second-order valence-electron chi connectivity index (χ2n) is 3.96. The summed E-state index contributed by atoms with van der Waals surface area (Å²) in [4.78, 5) is 0. The van der Waals surface area contributed by atoms with Crippen molar-refractivity contribution in [1.29, 1.82) is 0 Å². The second-order valence-corrected chi connectivity index (χ2v) is 3.96. The molecule has 1 aromatic carbocycles. The van der Waals surface area contributed by atoms with Crippen molar-refractivity contribution in [1.82, 2.24) is 5.32 Å². The van der Waals surface area contributed by atoms with Gasteiger partial charge in [0, 0.05) is 12.6 Å². The van der Waals surface area contributed by atoms with E-state index in [0.29, 0.717) is 12.1 Å². The summed E-state index contributed by atoms with van der Waals surface area (Å²) in [5.41, 5.74) is 1.26. The zero-order valence-corrected chi connectivity index (χ0v) is 8.57. The molecule has 2 atom stereocenters. The van der Waals surface area contributed by atoms with Gasteiger partial charge < -0.3 is 10.1 Å². The van der Waals surface area contributed by atoms with Crippen LogP contribution in [0.1, 0.15) is 18.9 Å². The van der Waals surface area contributed by atoms with Crippen molar-refractivity contribution in [2.24, 2.45) is 0 Å². The Labute approximate surface area is 85.3 Å². The molecule has 0 radical (unpaired) electrons. The molecule has 0 saturated carbocycles. The van der Waals surface area contributed by atoms with Crippen LogP contribution in [0.2, 0.25) is 0 Å². The zero-order chi connectivity index (χ0) is 9.80. The van der Waals surface area contributed by atoms with E-state index < -0.39 is 0 Å². The summed E-state index contributed by atoms with van der Waals surface area (Å²) in [7, 11) is 0. The third kappa shape index (κ3) is 2.56. The fourth-order valence-corrected chi connectivity index (χ4v) is 1.81. The molecule has 2 rings (SSSR count). The molecule has 0 aromatic heterocycles. The van der Waals surface area contributed by atoms with Gasteiger partial charge in [-0.05, 0) is 18.9 Å². The van der Waals surface area contributed by atoms with Crippen molar-refractivity contribution in [2.45, 2.75) is 32.1 Å². The first-order valence-corrected chi connectivity index (χ1v) is 5.23. The lowest BCUT2D eigenvalue weighted by atomic mass is 10.2. The highest BCUT2D eigenvalue weighted by Crippen LogP contribution is 2.12. The molecular formula is C12H17NO. The van der Waals surface area contributed by atoms with E-state index in [1.807, 2.05) is 18.2 Å². The van der Waals surface area contributed by atoms with Crippen LogP contribution in [0.5, 0.6) is 0 Å². The molecule has 0 amide bonds. The number of nitrogens with one attached hydrogen (secondary N) is 1. The van der Waals surface area contributed by atoms with Crippen LogP contribution in [0.4, 0.5) is 0 Å². The molecule has 0 spiro atoms. The van der Waals surface area contributed by atoms with Crippen molar-refractivity contribution in [2.75, 3.05) is 6.54 Å². The van der Waals surface area contributed by atoms with Gasteiger partial charge in [0.05, 0.1) is 12.7 Å². The van der Waals surface area contributed by atoms with Gasteiger partial charge in [-0.2, -0.15) is 0 Å². The van der Waals surface area contributed by atoms with E-state index in [2.05, 4.69) is 24.4 Å². The van der Waals surface area contributed by atoms with Crippen LogP contribution < -0.4 is 5.32 Å². The maximum atomic E-state index is 5.80. The zero-order valence-electron chi connectivity index (χ0n) is 8.57. The normalized spacial score (nSPS) is 26.6. The van der Waals surface area contributed by atoms with Crippen LogP contribution in [-0.4, -0.2) is 18.7 Å². The van der Waals surface area contributed by atoms with Crippen LogP contribution in [0, 0.1) is 0 Å². The van der Waals surface area contributed by atoms with Gasteiger partial charge in [0.2, 0.25) is 0 Å². The minimum absolute atomic E-state index is 0.394. The molecular weight excluding hydrogens is 174 g/mol. The topological polar surface area (TPSA) is 21.3 Å². The number of rotatable bonds is 3. The number of benzene rings is 1. The van der Waals surface area contributed by atoms with Gasteiger partial charge in [-0.15, -0.1) is 0 Å². The monoisotopic (exact) mass is 191 g/mol. The van der Waals surface area contributed by atoms with Crippen molar-refractivity contribution in [3.05, 3.63) is 35.9 Å². The van der Waals surface area contributed by atoms with Crippen molar-refractivity contribution in [3.8, 4) is 0 Å². The van der Waals surface area contributed by atoms with Crippen LogP contribution in [0.15, 0.2) is 30.3 Å². The number of hydrogen-bond donors (Lipinski definition) is 1. The largest absolute Gasteiger partial charge is 0.372 e. The standard InChI is InChI=1S/C12H17NO/c1-10-7-12(8-13-10)14-9-11-5-3-2-4-6-11/h2-6,10,12-13H,7-9H2,1H3/t10-,12?/m1/s1. The average molecular weight is 191 g/mol. The molecule has 1 aromatic rings. The molecule has 0 bridgehead atoms. The van der Waals surface area contributed by atoms with E-state index in [1.165, 1.54) is 5.56 Å². The van der Waals surface area contributed by atoms with Gasteiger partial charge in [-0.3, -0.25) is 0 Å². The van der Waals surface area contributed by atoms with Crippen molar-refractivity contribution < 1.29 is 4.74 Å². The molecule has 1 heterocycles. The van der Waals surface area contributed by atoms with Crippen molar-refractivity contribution in [3.63, 3.8) is 0 Å². The molecule has 1 N–H and O–H groups in total. The Balaban J connectivity index is 1.78. The summed E-state index contributed by atoms with van der Waals surface area (Å²) in [6.45, 7) is 3.93. The summed E-state index contributed by atoms with van der Waals surface area (Å²) < 4.78 is 5.80.